The number of hydrogen-bond donors (Lipinski definition) is 1. The van der Waals surface area contributed by atoms with Crippen LogP contribution in [0.2, 0.25) is 0 Å². The van der Waals surface area contributed by atoms with Crippen molar-refractivity contribution >= 4 is 11.8 Å². The van der Waals surface area contributed by atoms with Gasteiger partial charge in [-0.05, 0) is 25.3 Å². The van der Waals surface area contributed by atoms with Crippen molar-refractivity contribution in [1.29, 1.82) is 0 Å². The molecular weight excluding hydrogens is 284 g/mol. The third-order valence-electron chi connectivity index (χ3n) is 6.16. The molecule has 1 N–H and O–H groups in total. The molecule has 2 heterocycles. The molecule has 2 aliphatic heterocycles. The Balaban J connectivity index is 1.77. The van der Waals surface area contributed by atoms with Gasteiger partial charge in [-0.3, -0.25) is 4.79 Å². The minimum atomic E-state index is -1.19. The fraction of sp³-hybridized carbons (Fsp3) is 0.647. The summed E-state index contributed by atoms with van der Waals surface area (Å²) in [6, 6.07) is 0. The number of carbonyl (C=O) groups is 2. The van der Waals surface area contributed by atoms with E-state index in [0.717, 1.165) is 0 Å². The van der Waals surface area contributed by atoms with Crippen LogP contribution in [0.25, 0.3) is 0 Å². The smallest absolute Gasteiger partial charge is 0.334 e. The Kier molecular flexibility index (Phi) is 2.63. The maximum absolute atomic E-state index is 11.9. The lowest BCUT2D eigenvalue weighted by atomic mass is 9.76. The molecule has 0 amide bonds. The Bertz CT molecular complexity index is 617. The molecule has 0 aromatic carbocycles. The van der Waals surface area contributed by atoms with Gasteiger partial charge in [-0.15, -0.1) is 0 Å². The molecule has 5 heteroatoms. The van der Waals surface area contributed by atoms with Gasteiger partial charge in [0.2, 0.25) is 0 Å². The van der Waals surface area contributed by atoms with Crippen LogP contribution in [-0.2, 0) is 19.1 Å². The monoisotopic (exact) mass is 304 g/mol. The molecule has 1 spiro atoms. The number of hydrogen-bond acceptors (Lipinski definition) is 5. The Labute approximate surface area is 129 Å². The minimum absolute atomic E-state index is 0.0245. The number of Topliss-reactive ketones (excluding diaryl/α,β-unsaturated/α-hetero) is 1. The first-order valence-electron chi connectivity index (χ1n) is 7.74. The van der Waals surface area contributed by atoms with E-state index in [2.05, 4.69) is 13.2 Å². The molecule has 2 saturated heterocycles. The second-order valence-corrected chi connectivity index (χ2v) is 7.24. The Morgan fingerprint density at radius 2 is 2.05 bits per heavy atom. The van der Waals surface area contributed by atoms with Crippen molar-refractivity contribution in [3.05, 3.63) is 24.3 Å². The van der Waals surface area contributed by atoms with E-state index in [1.807, 2.05) is 0 Å². The first-order valence-corrected chi connectivity index (χ1v) is 7.74. The van der Waals surface area contributed by atoms with Gasteiger partial charge in [0, 0.05) is 29.7 Å². The topological polar surface area (TPSA) is 76.1 Å². The van der Waals surface area contributed by atoms with Crippen LogP contribution in [0.1, 0.15) is 26.2 Å². The fourth-order valence-electron chi connectivity index (χ4n) is 4.77. The highest BCUT2D eigenvalue weighted by Gasteiger charge is 2.69. The van der Waals surface area contributed by atoms with Crippen LogP contribution < -0.4 is 0 Å². The van der Waals surface area contributed by atoms with Gasteiger partial charge in [0.1, 0.15) is 17.5 Å². The summed E-state index contributed by atoms with van der Waals surface area (Å²) in [6.07, 6.45) is 1.17. The van der Waals surface area contributed by atoms with Gasteiger partial charge in [-0.2, -0.15) is 0 Å². The summed E-state index contributed by atoms with van der Waals surface area (Å²) in [4.78, 5) is 23.7. The van der Waals surface area contributed by atoms with Crippen molar-refractivity contribution in [2.24, 2.45) is 17.8 Å². The number of ketones is 1. The normalized spacial score (nSPS) is 49.6. The highest BCUT2D eigenvalue weighted by atomic mass is 16.6. The second kappa shape index (κ2) is 4.09. The molecule has 6 atom stereocenters. The first kappa shape index (κ1) is 14.2. The van der Waals surface area contributed by atoms with Crippen molar-refractivity contribution in [3.8, 4) is 0 Å². The van der Waals surface area contributed by atoms with Crippen LogP contribution >= 0.6 is 0 Å². The second-order valence-electron chi connectivity index (χ2n) is 7.24. The molecule has 0 bridgehead atoms. The van der Waals surface area contributed by atoms with Crippen molar-refractivity contribution < 1.29 is 24.2 Å². The Morgan fingerprint density at radius 1 is 1.36 bits per heavy atom. The molecule has 2 saturated carbocycles. The van der Waals surface area contributed by atoms with E-state index in [9.17, 15) is 14.7 Å². The van der Waals surface area contributed by atoms with Gasteiger partial charge in [0.05, 0.1) is 12.2 Å². The number of carbonyl (C=O) groups excluding carboxylic acids is 2. The number of ether oxygens (including phenoxy) is 2. The van der Waals surface area contributed by atoms with E-state index in [0.29, 0.717) is 37.0 Å². The standard InChI is InChI=1S/C17H20O5/c1-8-12-5-17(20)9(2)11(10(3)18)4-14(17)16(7-21-16)6-13(12)22-15(8)19/h11-14,20H,1-2,4-7H2,3H3. The fourth-order valence-corrected chi connectivity index (χ4v) is 4.77. The number of rotatable bonds is 1. The summed E-state index contributed by atoms with van der Waals surface area (Å²) in [5.41, 5.74) is -0.711. The van der Waals surface area contributed by atoms with Crippen LogP contribution in [0.5, 0.6) is 0 Å². The van der Waals surface area contributed by atoms with E-state index < -0.39 is 11.2 Å². The predicted octanol–water partition coefficient (Wildman–Crippen LogP) is 1.16. The number of fused-ring (bicyclic) bond motifs is 3. The lowest BCUT2D eigenvalue weighted by molar-refractivity contribution is -0.139. The van der Waals surface area contributed by atoms with Gasteiger partial charge in [-0.1, -0.05) is 13.2 Å². The molecule has 0 radical (unpaired) electrons. The van der Waals surface area contributed by atoms with Crippen molar-refractivity contribution in [2.45, 2.75) is 43.5 Å². The van der Waals surface area contributed by atoms with E-state index in [-0.39, 0.29) is 35.6 Å². The lowest BCUT2D eigenvalue weighted by Crippen LogP contribution is -2.42. The quantitative estimate of drug-likeness (QED) is 0.340. The molecule has 2 aliphatic carbocycles. The van der Waals surface area contributed by atoms with E-state index in [1.54, 1.807) is 0 Å². The zero-order valence-electron chi connectivity index (χ0n) is 12.6. The summed E-state index contributed by atoms with van der Waals surface area (Å²) in [7, 11) is 0. The number of aliphatic hydroxyl groups is 1. The number of esters is 1. The van der Waals surface area contributed by atoms with Crippen molar-refractivity contribution in [1.82, 2.24) is 0 Å². The molecule has 4 fully saturated rings. The highest BCUT2D eigenvalue weighted by molar-refractivity contribution is 5.91. The van der Waals surface area contributed by atoms with E-state index >= 15 is 0 Å². The average Bonchev–Trinajstić information content (AvgIpc) is 3.12. The molecule has 4 aliphatic rings. The van der Waals surface area contributed by atoms with Crippen molar-refractivity contribution in [2.75, 3.05) is 6.61 Å². The van der Waals surface area contributed by atoms with Gasteiger partial charge >= 0.3 is 5.97 Å². The van der Waals surface area contributed by atoms with Gasteiger partial charge in [0.15, 0.2) is 0 Å². The zero-order chi connectivity index (χ0) is 15.9. The van der Waals surface area contributed by atoms with Crippen LogP contribution in [0, 0.1) is 17.8 Å². The molecule has 0 aromatic heterocycles. The molecule has 5 nitrogen and oxygen atoms in total. The predicted molar refractivity (Wildman–Crippen MR) is 76.8 cm³/mol. The average molecular weight is 304 g/mol. The molecule has 4 rings (SSSR count). The molecule has 22 heavy (non-hydrogen) atoms. The maximum atomic E-state index is 11.9. The Morgan fingerprint density at radius 3 is 2.64 bits per heavy atom. The first-order chi connectivity index (χ1) is 10.3. The summed E-state index contributed by atoms with van der Waals surface area (Å²) < 4.78 is 11.1. The van der Waals surface area contributed by atoms with E-state index in [1.165, 1.54) is 6.92 Å². The van der Waals surface area contributed by atoms with Crippen LogP contribution in [0.15, 0.2) is 24.3 Å². The maximum Gasteiger partial charge on any atom is 0.334 e. The summed E-state index contributed by atoms with van der Waals surface area (Å²) >= 11 is 0. The van der Waals surface area contributed by atoms with Crippen LogP contribution in [0.4, 0.5) is 0 Å². The lowest BCUT2D eigenvalue weighted by Gasteiger charge is -2.33. The summed E-state index contributed by atoms with van der Waals surface area (Å²) in [6.45, 7) is 9.92. The highest BCUT2D eigenvalue weighted by Crippen LogP contribution is 2.61. The third-order valence-corrected chi connectivity index (χ3v) is 6.16. The zero-order valence-corrected chi connectivity index (χ0v) is 12.6. The Hall–Kier alpha value is -1.46. The molecular formula is C17H20O5. The summed E-state index contributed by atoms with van der Waals surface area (Å²) in [5.74, 6) is -1.10. The molecule has 118 valence electrons. The minimum Gasteiger partial charge on any atom is -0.458 e. The number of epoxide rings is 1. The third kappa shape index (κ3) is 1.61. The molecule has 6 unspecified atom stereocenters. The van der Waals surface area contributed by atoms with Gasteiger partial charge in [0.25, 0.3) is 0 Å². The van der Waals surface area contributed by atoms with Crippen LogP contribution in [-0.4, -0.2) is 40.8 Å². The molecule has 0 aromatic rings. The van der Waals surface area contributed by atoms with Gasteiger partial charge in [-0.25, -0.2) is 4.79 Å². The largest absolute Gasteiger partial charge is 0.458 e. The van der Waals surface area contributed by atoms with Gasteiger partial charge < -0.3 is 14.6 Å². The summed E-state index contributed by atoms with van der Waals surface area (Å²) in [5, 5.41) is 11.4. The SMILES string of the molecule is C=C1C(=O)OC2CC3(CO3)C3CC(C(C)=O)C(=C)C3(O)CC12. The van der Waals surface area contributed by atoms with Crippen molar-refractivity contribution in [3.63, 3.8) is 0 Å². The van der Waals surface area contributed by atoms with Crippen LogP contribution in [0.3, 0.4) is 0 Å². The van der Waals surface area contributed by atoms with E-state index in [4.69, 9.17) is 9.47 Å².